The number of likely N-dealkylation sites (tertiary alicyclic amines) is 1. The third-order valence-electron chi connectivity index (χ3n) is 5.97. The fourth-order valence-corrected chi connectivity index (χ4v) is 3.98. The average molecular weight is 529 g/mol. The number of aliphatic carboxylic acids is 2. The molecule has 1 aliphatic rings. The molecular formula is C22H40N8O7. The minimum Gasteiger partial charge on any atom is -0.481 e. The van der Waals surface area contributed by atoms with Crippen LogP contribution in [-0.4, -0.2) is 94.5 Å². The Morgan fingerprint density at radius 1 is 0.973 bits per heavy atom. The van der Waals surface area contributed by atoms with Crippen LogP contribution in [0.25, 0.3) is 0 Å². The largest absolute Gasteiger partial charge is 0.481 e. The first-order chi connectivity index (χ1) is 17.5. The SMILES string of the molecule is NCCCCC(N)C(=O)NC(CCC(=O)O)C(=O)N1CCCC1C(=O)NC(CCCN=C(N)N)C(=O)O. The summed E-state index contributed by atoms with van der Waals surface area (Å²) in [5, 5.41) is 23.6. The van der Waals surface area contributed by atoms with Crippen LogP contribution >= 0.6 is 0 Å². The Balaban J connectivity index is 2.89. The van der Waals surface area contributed by atoms with Gasteiger partial charge in [0, 0.05) is 19.5 Å². The summed E-state index contributed by atoms with van der Waals surface area (Å²) in [5.41, 5.74) is 21.8. The Morgan fingerprint density at radius 3 is 2.27 bits per heavy atom. The number of guanidine groups is 1. The molecule has 210 valence electrons. The predicted molar refractivity (Wildman–Crippen MR) is 134 cm³/mol. The first-order valence-electron chi connectivity index (χ1n) is 12.3. The number of amides is 3. The molecule has 3 amide bonds. The molecular weight excluding hydrogens is 488 g/mol. The van der Waals surface area contributed by atoms with Crippen LogP contribution in [0.15, 0.2) is 4.99 Å². The van der Waals surface area contributed by atoms with E-state index in [4.69, 9.17) is 28.0 Å². The second kappa shape index (κ2) is 16.3. The predicted octanol–water partition coefficient (Wildman–Crippen LogP) is -2.59. The fraction of sp³-hybridized carbons (Fsp3) is 0.727. The highest BCUT2D eigenvalue weighted by Crippen LogP contribution is 2.20. The van der Waals surface area contributed by atoms with Gasteiger partial charge in [-0.3, -0.25) is 24.2 Å². The summed E-state index contributed by atoms with van der Waals surface area (Å²) in [6.45, 7) is 0.835. The van der Waals surface area contributed by atoms with Gasteiger partial charge in [0.2, 0.25) is 17.7 Å². The molecule has 0 aliphatic carbocycles. The highest BCUT2D eigenvalue weighted by atomic mass is 16.4. The van der Waals surface area contributed by atoms with Crippen molar-refractivity contribution in [3.8, 4) is 0 Å². The first-order valence-corrected chi connectivity index (χ1v) is 12.3. The summed E-state index contributed by atoms with van der Waals surface area (Å²) in [4.78, 5) is 66.6. The molecule has 0 spiro atoms. The van der Waals surface area contributed by atoms with Crippen LogP contribution in [-0.2, 0) is 24.0 Å². The molecule has 1 saturated heterocycles. The van der Waals surface area contributed by atoms with E-state index in [1.165, 1.54) is 4.90 Å². The van der Waals surface area contributed by atoms with E-state index >= 15 is 0 Å². The van der Waals surface area contributed by atoms with Crippen molar-refractivity contribution in [2.24, 2.45) is 27.9 Å². The maximum Gasteiger partial charge on any atom is 0.326 e. The standard InChI is InChI=1S/C22H40N8O7/c23-10-2-1-5-13(24)18(33)28-14(8-9-17(31)32)20(35)30-12-4-7-16(30)19(34)29-15(21(36)37)6-3-11-27-22(25)26/h13-16H,1-12,23-24H2,(H,28,33)(H,29,34)(H,31,32)(H,36,37)(H4,25,26,27). The summed E-state index contributed by atoms with van der Waals surface area (Å²) in [5.74, 6) is -4.41. The van der Waals surface area contributed by atoms with E-state index in [-0.39, 0.29) is 44.7 Å². The molecule has 1 heterocycles. The minimum absolute atomic E-state index is 0.0673. The van der Waals surface area contributed by atoms with E-state index in [1.54, 1.807) is 0 Å². The van der Waals surface area contributed by atoms with Gasteiger partial charge in [-0.05, 0) is 51.5 Å². The van der Waals surface area contributed by atoms with Crippen LogP contribution in [0.3, 0.4) is 0 Å². The maximum absolute atomic E-state index is 13.3. The average Bonchev–Trinajstić information content (AvgIpc) is 3.32. The molecule has 0 aromatic rings. The van der Waals surface area contributed by atoms with Gasteiger partial charge >= 0.3 is 11.9 Å². The van der Waals surface area contributed by atoms with E-state index < -0.39 is 53.8 Å². The molecule has 4 atom stereocenters. The number of hydrogen-bond acceptors (Lipinski definition) is 8. The Morgan fingerprint density at radius 2 is 1.68 bits per heavy atom. The maximum atomic E-state index is 13.3. The summed E-state index contributed by atoms with van der Waals surface area (Å²) in [6, 6.07) is -4.28. The minimum atomic E-state index is -1.25. The Bertz CT molecular complexity index is 834. The van der Waals surface area contributed by atoms with Crippen LogP contribution in [0.5, 0.6) is 0 Å². The zero-order chi connectivity index (χ0) is 28.0. The quantitative estimate of drug-likeness (QED) is 0.0551. The van der Waals surface area contributed by atoms with Crippen molar-refractivity contribution in [3.05, 3.63) is 0 Å². The molecule has 1 rings (SSSR count). The third kappa shape index (κ3) is 11.4. The highest BCUT2D eigenvalue weighted by molar-refractivity contribution is 5.94. The topological polar surface area (TPSA) is 270 Å². The van der Waals surface area contributed by atoms with Crippen molar-refractivity contribution in [2.75, 3.05) is 19.6 Å². The van der Waals surface area contributed by atoms with Crippen LogP contribution in [0.1, 0.15) is 57.8 Å². The van der Waals surface area contributed by atoms with Crippen LogP contribution in [0, 0.1) is 0 Å². The van der Waals surface area contributed by atoms with Crippen molar-refractivity contribution in [2.45, 2.75) is 82.0 Å². The summed E-state index contributed by atoms with van der Waals surface area (Å²) < 4.78 is 0. The van der Waals surface area contributed by atoms with Crippen LogP contribution in [0.2, 0.25) is 0 Å². The van der Waals surface area contributed by atoms with Crippen molar-refractivity contribution in [3.63, 3.8) is 0 Å². The van der Waals surface area contributed by atoms with E-state index in [0.717, 1.165) is 0 Å². The lowest BCUT2D eigenvalue weighted by molar-refractivity contribution is -0.145. The Hall–Kier alpha value is -3.46. The summed E-state index contributed by atoms with van der Waals surface area (Å²) >= 11 is 0. The van der Waals surface area contributed by atoms with Gasteiger partial charge in [0.1, 0.15) is 18.1 Å². The molecule has 15 nitrogen and oxygen atoms in total. The van der Waals surface area contributed by atoms with Gasteiger partial charge in [0.25, 0.3) is 0 Å². The third-order valence-corrected chi connectivity index (χ3v) is 5.97. The molecule has 0 saturated carbocycles. The van der Waals surface area contributed by atoms with E-state index in [1.807, 2.05) is 0 Å². The Labute approximate surface area is 215 Å². The molecule has 1 fully saturated rings. The van der Waals surface area contributed by atoms with Gasteiger partial charge in [0.15, 0.2) is 5.96 Å². The molecule has 0 aromatic heterocycles. The van der Waals surface area contributed by atoms with Gasteiger partial charge in [-0.15, -0.1) is 0 Å². The molecule has 4 unspecified atom stereocenters. The molecule has 37 heavy (non-hydrogen) atoms. The number of carboxylic acids is 2. The number of nitrogens with one attached hydrogen (secondary N) is 2. The van der Waals surface area contributed by atoms with E-state index in [9.17, 15) is 29.1 Å². The number of hydrogen-bond donors (Lipinski definition) is 8. The normalized spacial score (nSPS) is 17.4. The number of carbonyl (C=O) groups is 5. The lowest BCUT2D eigenvalue weighted by atomic mass is 10.1. The second-order valence-corrected chi connectivity index (χ2v) is 8.92. The summed E-state index contributed by atoms with van der Waals surface area (Å²) in [7, 11) is 0. The molecule has 0 radical (unpaired) electrons. The van der Waals surface area contributed by atoms with Gasteiger partial charge in [0.05, 0.1) is 6.04 Å². The number of carboxylic acid groups (broad SMARTS) is 2. The number of aliphatic imine (C=N–C) groups is 1. The molecule has 15 heteroatoms. The van der Waals surface area contributed by atoms with Gasteiger partial charge in [-0.1, -0.05) is 6.42 Å². The molecule has 12 N–H and O–H groups in total. The molecule has 0 aromatic carbocycles. The van der Waals surface area contributed by atoms with Gasteiger partial charge in [-0.25, -0.2) is 4.79 Å². The number of nitrogens with zero attached hydrogens (tertiary/aromatic N) is 2. The number of unbranched alkanes of at least 4 members (excludes halogenated alkanes) is 1. The lowest BCUT2D eigenvalue weighted by Gasteiger charge is -2.30. The monoisotopic (exact) mass is 528 g/mol. The van der Waals surface area contributed by atoms with E-state index in [0.29, 0.717) is 38.6 Å². The smallest absolute Gasteiger partial charge is 0.326 e. The zero-order valence-electron chi connectivity index (χ0n) is 20.9. The lowest BCUT2D eigenvalue weighted by Crippen LogP contribution is -2.56. The molecule has 0 bridgehead atoms. The van der Waals surface area contributed by atoms with Crippen molar-refractivity contribution >= 4 is 35.6 Å². The highest BCUT2D eigenvalue weighted by Gasteiger charge is 2.39. The zero-order valence-corrected chi connectivity index (χ0v) is 20.9. The van der Waals surface area contributed by atoms with Gasteiger partial charge < -0.3 is 48.7 Å². The Kier molecular flexibility index (Phi) is 13.9. The van der Waals surface area contributed by atoms with Crippen LogP contribution < -0.4 is 33.6 Å². The van der Waals surface area contributed by atoms with Crippen molar-refractivity contribution < 1.29 is 34.2 Å². The molecule has 1 aliphatic heterocycles. The van der Waals surface area contributed by atoms with E-state index in [2.05, 4.69) is 15.6 Å². The van der Waals surface area contributed by atoms with Crippen LogP contribution in [0.4, 0.5) is 0 Å². The first kappa shape index (κ1) is 31.6. The number of carbonyl (C=O) groups excluding carboxylic acids is 3. The van der Waals surface area contributed by atoms with Gasteiger partial charge in [-0.2, -0.15) is 0 Å². The number of nitrogens with two attached hydrogens (primary N) is 4. The summed E-state index contributed by atoms with van der Waals surface area (Å²) in [6.07, 6.45) is 2.19. The fourth-order valence-electron chi connectivity index (χ4n) is 3.98. The second-order valence-electron chi connectivity index (χ2n) is 8.92. The number of rotatable bonds is 17. The van der Waals surface area contributed by atoms with Crippen molar-refractivity contribution in [1.82, 2.24) is 15.5 Å². The van der Waals surface area contributed by atoms with Crippen molar-refractivity contribution in [1.29, 1.82) is 0 Å².